The normalized spacial score (nSPS) is 10.3. The first-order valence-corrected chi connectivity index (χ1v) is 6.44. The number of aryl methyl sites for hydroxylation is 2. The van der Waals surface area contributed by atoms with Crippen molar-refractivity contribution in [2.24, 2.45) is 0 Å². The van der Waals surface area contributed by atoms with E-state index in [9.17, 15) is 4.79 Å². The molecule has 0 saturated heterocycles. The van der Waals surface area contributed by atoms with E-state index in [0.29, 0.717) is 0 Å². The van der Waals surface area contributed by atoms with Gasteiger partial charge >= 0.3 is 18.9 Å². The van der Waals surface area contributed by atoms with Gasteiger partial charge < -0.3 is 13.4 Å². The van der Waals surface area contributed by atoms with Crippen LogP contribution in [0, 0.1) is 13.8 Å². The van der Waals surface area contributed by atoms with Crippen molar-refractivity contribution in [3.8, 4) is 0 Å². The molecule has 0 bridgehead atoms. The Bertz CT molecular complexity index is 537. The van der Waals surface area contributed by atoms with E-state index >= 15 is 0 Å². The molecule has 0 aliphatic carbocycles. The van der Waals surface area contributed by atoms with Crippen LogP contribution in [0.2, 0.25) is 0 Å². The number of hydrogen-bond donors (Lipinski definition) is 0. The van der Waals surface area contributed by atoms with Gasteiger partial charge in [0.25, 0.3) is 0 Å². The van der Waals surface area contributed by atoms with Crippen LogP contribution in [0.4, 0.5) is 0 Å². The summed E-state index contributed by atoms with van der Waals surface area (Å²) in [4.78, 5) is 12.1. The summed E-state index contributed by atoms with van der Waals surface area (Å²) in [5.74, 6) is 0. The average molecular weight is 248 g/mol. The van der Waals surface area contributed by atoms with Crippen molar-refractivity contribution in [3.05, 3.63) is 65.2 Å². The largest absolute Gasteiger partial charge is 1.00 e. The number of benzene rings is 2. The van der Waals surface area contributed by atoms with E-state index < -0.39 is 0 Å². The van der Waals surface area contributed by atoms with E-state index in [1.807, 2.05) is 44.2 Å². The molecule has 0 fully saturated rings. The molecule has 2 aromatic carbocycles. The second-order valence-electron chi connectivity index (χ2n) is 4.07. The third-order valence-corrected chi connectivity index (χ3v) is 3.79. The van der Waals surface area contributed by atoms with Crippen LogP contribution in [0.1, 0.15) is 21.5 Å². The monoisotopic (exact) mass is 248 g/mol. The van der Waals surface area contributed by atoms with E-state index in [0.717, 1.165) is 19.4 Å². The molecule has 18 heavy (non-hydrogen) atoms. The smallest absolute Gasteiger partial charge is 0.426 e. The maximum atomic E-state index is 12.1. The minimum absolute atomic E-state index is 0. The van der Waals surface area contributed by atoms with Crippen LogP contribution in [-0.4, -0.2) is 5.52 Å². The summed E-state index contributed by atoms with van der Waals surface area (Å²) in [6.07, 6.45) is 0. The van der Waals surface area contributed by atoms with Crippen LogP contribution in [0.5, 0.6) is 0 Å². The summed E-state index contributed by atoms with van der Waals surface area (Å²) in [6, 6.07) is 15.7. The fourth-order valence-electron chi connectivity index (χ4n) is 1.59. The van der Waals surface area contributed by atoms with Gasteiger partial charge in [0.2, 0.25) is 0 Å². The Kier molecular flexibility index (Phi) is 5.83. The number of hydrogen-bond acceptors (Lipinski definition) is 1. The van der Waals surface area contributed by atoms with Crippen molar-refractivity contribution < 1.29 is 23.7 Å². The van der Waals surface area contributed by atoms with Crippen LogP contribution in [0.3, 0.4) is 0 Å². The van der Waals surface area contributed by atoms with Crippen LogP contribution in [0.25, 0.3) is 0 Å². The second-order valence-corrected chi connectivity index (χ2v) is 5.18. The van der Waals surface area contributed by atoms with Gasteiger partial charge in [-0.3, -0.25) is 0 Å². The molecule has 3 heteroatoms. The zero-order valence-corrected chi connectivity index (χ0v) is 11.9. The molecule has 0 saturated carbocycles. The van der Waals surface area contributed by atoms with Crippen molar-refractivity contribution in [2.45, 2.75) is 13.8 Å². The van der Waals surface area contributed by atoms with E-state index in [1.54, 1.807) is 0 Å². The third kappa shape index (κ3) is 3.82. The van der Waals surface area contributed by atoms with E-state index in [4.69, 9.17) is 0 Å². The molecule has 0 atom stereocenters. The molecule has 0 amide bonds. The van der Waals surface area contributed by atoms with Gasteiger partial charge in [0, 0.05) is 5.52 Å². The molecule has 0 aromatic heterocycles. The van der Waals surface area contributed by atoms with Gasteiger partial charge in [-0.25, -0.2) is 0 Å². The Morgan fingerprint density at radius 3 is 2.33 bits per heavy atom. The Hall–Kier alpha value is -0.863. The Morgan fingerprint density at radius 2 is 1.67 bits per heavy atom. The first-order chi connectivity index (χ1) is 8.16. The van der Waals surface area contributed by atoms with E-state index in [2.05, 4.69) is 18.2 Å². The number of rotatable bonds is 3. The van der Waals surface area contributed by atoms with Gasteiger partial charge in [0.1, 0.15) is 0 Å². The summed E-state index contributed by atoms with van der Waals surface area (Å²) in [5.41, 5.74) is 3.29. The molecule has 0 heterocycles. The molecule has 0 N–H and O–H groups in total. The molecule has 0 aliphatic heterocycles. The summed E-state index contributed by atoms with van der Waals surface area (Å²) in [6.45, 7) is 4.09. The Morgan fingerprint density at radius 1 is 1.00 bits per heavy atom. The first kappa shape index (κ1) is 15.2. The second kappa shape index (κ2) is 6.91. The quantitative estimate of drug-likeness (QED) is 0.578. The van der Waals surface area contributed by atoms with Crippen molar-refractivity contribution in [1.82, 2.24) is 0 Å². The predicted molar refractivity (Wildman–Crippen MR) is 73.2 cm³/mol. The minimum Gasteiger partial charge on any atom is -0.426 e. The maximum absolute atomic E-state index is 12.1. The van der Waals surface area contributed by atoms with Crippen molar-refractivity contribution in [3.63, 3.8) is 0 Å². The summed E-state index contributed by atoms with van der Waals surface area (Å²) in [5, 5.41) is 1.10. The summed E-state index contributed by atoms with van der Waals surface area (Å²) in [7, 11) is 0.755. The van der Waals surface area contributed by atoms with Gasteiger partial charge in [0.15, 0.2) is 0 Å². The van der Waals surface area contributed by atoms with Gasteiger partial charge in [-0.2, -0.15) is 5.30 Å². The van der Waals surface area contributed by atoms with Crippen LogP contribution in [-0.2, 0) is 0 Å². The zero-order valence-electron chi connectivity index (χ0n) is 11.0. The average Bonchev–Trinajstić information content (AvgIpc) is 2.35. The fraction of sp³-hybridized carbons (Fsp3) is 0.133. The van der Waals surface area contributed by atoms with Crippen LogP contribution < -0.4 is 24.2 Å². The number of carbonyl (C=O) groups excluding carboxylic acids is 1. The first-order valence-electron chi connectivity index (χ1n) is 5.55. The maximum Gasteiger partial charge on any atom is 1.00 e. The van der Waals surface area contributed by atoms with E-state index in [-0.39, 0.29) is 24.4 Å². The summed E-state index contributed by atoms with van der Waals surface area (Å²) >= 11 is 0. The number of carbonyl (C=O) groups is 1. The van der Waals surface area contributed by atoms with Crippen LogP contribution in [0.15, 0.2) is 48.5 Å². The van der Waals surface area contributed by atoms with Crippen LogP contribution >= 0.6 is 8.58 Å². The topological polar surface area (TPSA) is 17.1 Å². The van der Waals surface area contributed by atoms with E-state index in [1.165, 1.54) is 11.1 Å². The third-order valence-electron chi connectivity index (χ3n) is 2.61. The molecule has 0 unspecified atom stereocenters. The minimum atomic E-state index is 0. The molecule has 2 aromatic rings. The van der Waals surface area contributed by atoms with Gasteiger partial charge in [-0.05, 0) is 19.4 Å². The predicted octanol–water partition coefficient (Wildman–Crippen LogP) is 0.719. The van der Waals surface area contributed by atoms with Crippen molar-refractivity contribution in [2.75, 3.05) is 0 Å². The van der Waals surface area contributed by atoms with Crippen molar-refractivity contribution in [1.29, 1.82) is 0 Å². The molecular formula is C15H14LiOP. The van der Waals surface area contributed by atoms with Gasteiger partial charge in [-0.1, -0.05) is 59.7 Å². The molecule has 0 aliphatic rings. The molecular weight excluding hydrogens is 234 g/mol. The standard InChI is InChI=1S/C15H14OP.Li/c1-11-8-9-12(2)14(10-11)17-15(16)13-6-4-3-5-7-13;/h3-10H,1-2H3;/q-1;+1. The molecule has 0 radical (unpaired) electrons. The Labute approximate surface area is 122 Å². The molecule has 1 nitrogen and oxygen atoms in total. The molecule has 0 spiro atoms. The molecule has 86 valence electrons. The zero-order chi connectivity index (χ0) is 12.3. The van der Waals surface area contributed by atoms with Gasteiger partial charge in [-0.15, -0.1) is 0 Å². The Balaban J connectivity index is 0.00000162. The fourth-order valence-corrected chi connectivity index (χ4v) is 2.61. The van der Waals surface area contributed by atoms with Gasteiger partial charge in [0.05, 0.1) is 0 Å². The summed E-state index contributed by atoms with van der Waals surface area (Å²) < 4.78 is 0. The molecule has 2 rings (SSSR count). The SMILES string of the molecule is Cc1ccc(C)c([P-]C(=O)c2ccccc2)c1.[Li+]. The van der Waals surface area contributed by atoms with Crippen molar-refractivity contribution >= 4 is 19.4 Å².